The quantitative estimate of drug-likeness (QED) is 0.941. The van der Waals surface area contributed by atoms with Gasteiger partial charge in [0.2, 0.25) is 5.91 Å². The number of aryl methyl sites for hydroxylation is 1. The van der Waals surface area contributed by atoms with Gasteiger partial charge in [-0.05, 0) is 41.8 Å². The zero-order valence-electron chi connectivity index (χ0n) is 11.4. The molecule has 0 aliphatic rings. The van der Waals surface area contributed by atoms with E-state index in [0.717, 1.165) is 11.1 Å². The van der Waals surface area contributed by atoms with Gasteiger partial charge in [-0.3, -0.25) is 4.79 Å². The molecule has 108 valence electrons. The molecule has 0 bridgehead atoms. The third kappa shape index (κ3) is 4.07. The number of anilines is 1. The fourth-order valence-corrected chi connectivity index (χ4v) is 1.99. The van der Waals surface area contributed by atoms with Gasteiger partial charge in [0.05, 0.1) is 12.4 Å². The van der Waals surface area contributed by atoms with E-state index in [2.05, 4.69) is 5.32 Å². The van der Waals surface area contributed by atoms with Crippen molar-refractivity contribution in [2.24, 2.45) is 0 Å². The molecule has 2 aromatic carbocycles. The Bertz CT molecular complexity index is 680. The van der Waals surface area contributed by atoms with Crippen molar-refractivity contribution < 1.29 is 14.7 Å². The molecule has 0 saturated carbocycles. The van der Waals surface area contributed by atoms with Crippen LogP contribution in [0.5, 0.6) is 0 Å². The first-order chi connectivity index (χ1) is 9.95. The van der Waals surface area contributed by atoms with E-state index in [1.807, 2.05) is 0 Å². The molecule has 0 fully saturated rings. The lowest BCUT2D eigenvalue weighted by Gasteiger charge is -2.11. The van der Waals surface area contributed by atoms with Crippen molar-refractivity contribution in [3.8, 4) is 0 Å². The standard InChI is InChI=1S/C16H14ClNO3/c1-10-2-5-12(16(20)21)9-14(10)18-15(19)8-11-3-6-13(17)7-4-11/h2-7,9H,8H2,1H3,(H,18,19)(H,20,21)/p-1. The maximum Gasteiger partial charge on any atom is 0.228 e. The fourth-order valence-electron chi connectivity index (χ4n) is 1.87. The molecule has 5 heteroatoms. The monoisotopic (exact) mass is 302 g/mol. The summed E-state index contributed by atoms with van der Waals surface area (Å²) >= 11 is 5.78. The summed E-state index contributed by atoms with van der Waals surface area (Å²) in [5, 5.41) is 14.2. The fraction of sp³-hybridized carbons (Fsp3) is 0.125. The predicted octanol–water partition coefficient (Wildman–Crippen LogP) is 2.19. The summed E-state index contributed by atoms with van der Waals surface area (Å²) in [4.78, 5) is 22.8. The second kappa shape index (κ2) is 6.41. The highest BCUT2D eigenvalue weighted by atomic mass is 35.5. The second-order valence-electron chi connectivity index (χ2n) is 4.67. The van der Waals surface area contributed by atoms with Gasteiger partial charge in [-0.25, -0.2) is 0 Å². The van der Waals surface area contributed by atoms with Gasteiger partial charge in [-0.1, -0.05) is 35.9 Å². The van der Waals surface area contributed by atoms with E-state index in [1.54, 1.807) is 37.3 Å². The molecule has 2 aromatic rings. The van der Waals surface area contributed by atoms with E-state index in [4.69, 9.17) is 11.6 Å². The molecule has 1 amide bonds. The van der Waals surface area contributed by atoms with Crippen molar-refractivity contribution in [1.82, 2.24) is 0 Å². The van der Waals surface area contributed by atoms with E-state index in [0.29, 0.717) is 10.7 Å². The van der Waals surface area contributed by atoms with Crippen LogP contribution in [0, 0.1) is 6.92 Å². The molecule has 0 aromatic heterocycles. The minimum atomic E-state index is -1.27. The maximum atomic E-state index is 12.0. The lowest BCUT2D eigenvalue weighted by molar-refractivity contribution is -0.255. The van der Waals surface area contributed by atoms with Crippen LogP contribution in [0.15, 0.2) is 42.5 Å². The maximum absolute atomic E-state index is 12.0. The topological polar surface area (TPSA) is 69.2 Å². The van der Waals surface area contributed by atoms with Crippen LogP contribution in [0.1, 0.15) is 21.5 Å². The molecule has 0 saturated heterocycles. The van der Waals surface area contributed by atoms with Gasteiger partial charge in [0, 0.05) is 10.7 Å². The molecular formula is C16H13ClNO3-. The Morgan fingerprint density at radius 1 is 1.14 bits per heavy atom. The first-order valence-corrected chi connectivity index (χ1v) is 6.70. The summed E-state index contributed by atoms with van der Waals surface area (Å²) in [5.74, 6) is -1.50. The lowest BCUT2D eigenvalue weighted by atomic mass is 10.1. The highest BCUT2D eigenvalue weighted by molar-refractivity contribution is 6.30. The summed E-state index contributed by atoms with van der Waals surface area (Å²) < 4.78 is 0. The van der Waals surface area contributed by atoms with Gasteiger partial charge >= 0.3 is 0 Å². The zero-order chi connectivity index (χ0) is 15.4. The molecule has 21 heavy (non-hydrogen) atoms. The average Bonchev–Trinajstić information content (AvgIpc) is 2.43. The molecule has 0 heterocycles. The number of hydrogen-bond donors (Lipinski definition) is 1. The predicted molar refractivity (Wildman–Crippen MR) is 79.3 cm³/mol. The molecular weight excluding hydrogens is 290 g/mol. The number of carboxylic acids is 1. The van der Waals surface area contributed by atoms with Crippen molar-refractivity contribution in [2.75, 3.05) is 5.32 Å². The minimum absolute atomic E-state index is 0.0300. The average molecular weight is 303 g/mol. The van der Waals surface area contributed by atoms with Crippen LogP contribution >= 0.6 is 11.6 Å². The normalized spacial score (nSPS) is 10.2. The van der Waals surface area contributed by atoms with Crippen LogP contribution < -0.4 is 10.4 Å². The third-order valence-electron chi connectivity index (χ3n) is 3.03. The van der Waals surface area contributed by atoms with Gasteiger partial charge < -0.3 is 15.2 Å². The third-order valence-corrected chi connectivity index (χ3v) is 3.28. The van der Waals surface area contributed by atoms with Crippen molar-refractivity contribution in [1.29, 1.82) is 0 Å². The van der Waals surface area contributed by atoms with Crippen molar-refractivity contribution >= 4 is 29.2 Å². The van der Waals surface area contributed by atoms with E-state index in [9.17, 15) is 14.7 Å². The molecule has 2 rings (SSSR count). The second-order valence-corrected chi connectivity index (χ2v) is 5.11. The van der Waals surface area contributed by atoms with Crippen LogP contribution in [0.2, 0.25) is 5.02 Å². The Kier molecular flexibility index (Phi) is 4.60. The Balaban J connectivity index is 2.10. The van der Waals surface area contributed by atoms with Gasteiger partial charge in [0.25, 0.3) is 0 Å². The highest BCUT2D eigenvalue weighted by Gasteiger charge is 2.07. The van der Waals surface area contributed by atoms with Crippen LogP contribution in [0.4, 0.5) is 5.69 Å². The van der Waals surface area contributed by atoms with Gasteiger partial charge in [0.1, 0.15) is 0 Å². The number of aromatic carboxylic acids is 1. The van der Waals surface area contributed by atoms with E-state index in [-0.39, 0.29) is 17.9 Å². The summed E-state index contributed by atoms with van der Waals surface area (Å²) in [7, 11) is 0. The number of carbonyl (C=O) groups is 2. The van der Waals surface area contributed by atoms with Crippen LogP contribution in [-0.2, 0) is 11.2 Å². The molecule has 4 nitrogen and oxygen atoms in total. The van der Waals surface area contributed by atoms with Gasteiger partial charge in [-0.2, -0.15) is 0 Å². The van der Waals surface area contributed by atoms with E-state index >= 15 is 0 Å². The molecule has 0 atom stereocenters. The summed E-state index contributed by atoms with van der Waals surface area (Å²) in [6.45, 7) is 1.79. The zero-order valence-corrected chi connectivity index (χ0v) is 12.1. The molecule has 0 radical (unpaired) electrons. The van der Waals surface area contributed by atoms with Crippen LogP contribution in [0.25, 0.3) is 0 Å². The first-order valence-electron chi connectivity index (χ1n) is 6.32. The van der Waals surface area contributed by atoms with Crippen molar-refractivity contribution in [3.05, 3.63) is 64.2 Å². The van der Waals surface area contributed by atoms with Crippen molar-refractivity contribution in [3.63, 3.8) is 0 Å². The molecule has 0 aliphatic carbocycles. The van der Waals surface area contributed by atoms with Gasteiger partial charge in [-0.15, -0.1) is 0 Å². The number of benzene rings is 2. The van der Waals surface area contributed by atoms with Crippen LogP contribution in [-0.4, -0.2) is 11.9 Å². The smallest absolute Gasteiger partial charge is 0.228 e. The highest BCUT2D eigenvalue weighted by Crippen LogP contribution is 2.17. The van der Waals surface area contributed by atoms with Crippen molar-refractivity contribution in [2.45, 2.75) is 13.3 Å². The molecule has 0 unspecified atom stereocenters. The van der Waals surface area contributed by atoms with Gasteiger partial charge in [0.15, 0.2) is 0 Å². The summed E-state index contributed by atoms with van der Waals surface area (Å²) in [5.41, 5.74) is 2.10. The summed E-state index contributed by atoms with van der Waals surface area (Å²) in [6.07, 6.45) is 0.187. The number of hydrogen-bond acceptors (Lipinski definition) is 3. The van der Waals surface area contributed by atoms with Crippen LogP contribution in [0.3, 0.4) is 0 Å². The molecule has 0 spiro atoms. The number of rotatable bonds is 4. The number of amides is 1. The number of carboxylic acid groups (broad SMARTS) is 1. The number of nitrogens with one attached hydrogen (secondary N) is 1. The first kappa shape index (κ1) is 15.1. The molecule has 1 N–H and O–H groups in total. The largest absolute Gasteiger partial charge is 0.545 e. The Hall–Kier alpha value is -2.33. The van der Waals surface area contributed by atoms with E-state index in [1.165, 1.54) is 12.1 Å². The SMILES string of the molecule is Cc1ccc(C(=O)[O-])cc1NC(=O)Cc1ccc(Cl)cc1. The Morgan fingerprint density at radius 2 is 1.81 bits per heavy atom. The minimum Gasteiger partial charge on any atom is -0.545 e. The van der Waals surface area contributed by atoms with E-state index < -0.39 is 5.97 Å². The lowest BCUT2D eigenvalue weighted by Crippen LogP contribution is -2.23. The Labute approximate surface area is 127 Å². The summed E-state index contributed by atoms with van der Waals surface area (Å²) in [6, 6.07) is 11.4. The Morgan fingerprint density at radius 3 is 2.43 bits per heavy atom. The number of halogens is 1. The molecule has 0 aliphatic heterocycles. The number of carbonyl (C=O) groups excluding carboxylic acids is 2.